The lowest BCUT2D eigenvalue weighted by molar-refractivity contribution is -0.172. The highest BCUT2D eigenvalue weighted by atomic mass is 16.6. The number of rotatable bonds is 11. The minimum absolute atomic E-state index is 0.00219. The van der Waals surface area contributed by atoms with E-state index < -0.39 is 17.4 Å². The second kappa shape index (κ2) is 10.4. The van der Waals surface area contributed by atoms with Crippen LogP contribution in [0.4, 0.5) is 0 Å². The monoisotopic (exact) mass is 362 g/mol. The Kier molecular flexibility index (Phi) is 8.55. The Hall–Kier alpha value is -2.63. The molecule has 0 saturated heterocycles. The van der Waals surface area contributed by atoms with Gasteiger partial charge < -0.3 is 14.2 Å². The van der Waals surface area contributed by atoms with Gasteiger partial charge in [0.1, 0.15) is 5.75 Å². The first kappa shape index (κ1) is 21.4. The first-order valence-electron chi connectivity index (χ1n) is 8.57. The molecular weight excluding hydrogens is 336 g/mol. The number of esters is 2. The van der Waals surface area contributed by atoms with Gasteiger partial charge >= 0.3 is 11.9 Å². The third kappa shape index (κ3) is 5.18. The van der Waals surface area contributed by atoms with Crippen molar-refractivity contribution in [2.45, 2.75) is 33.1 Å². The van der Waals surface area contributed by atoms with E-state index in [4.69, 9.17) is 14.2 Å². The molecule has 0 aliphatic heterocycles. The van der Waals surface area contributed by atoms with Crippen molar-refractivity contribution in [3.05, 3.63) is 42.5 Å². The SMILES string of the molecule is C=CCC(CCC(=O)c1ccc(OC)cc1)(C(=O)OCC)C(=O)OCC. The zero-order valence-electron chi connectivity index (χ0n) is 15.6. The van der Waals surface area contributed by atoms with Crippen LogP contribution in [0.2, 0.25) is 0 Å². The molecule has 0 aromatic heterocycles. The standard InChI is InChI=1S/C20H26O6/c1-5-13-20(18(22)25-6-2,19(23)26-7-3)14-12-17(21)15-8-10-16(24-4)11-9-15/h5,8-11H,1,6-7,12-14H2,2-4H3. The molecule has 26 heavy (non-hydrogen) atoms. The Morgan fingerprint density at radius 3 is 2.00 bits per heavy atom. The molecule has 0 N–H and O–H groups in total. The molecule has 0 fully saturated rings. The minimum Gasteiger partial charge on any atom is -0.497 e. The van der Waals surface area contributed by atoms with Gasteiger partial charge in [-0.15, -0.1) is 6.58 Å². The Balaban J connectivity index is 3.02. The molecule has 0 spiro atoms. The highest BCUT2D eigenvalue weighted by molar-refractivity contribution is 6.02. The van der Waals surface area contributed by atoms with E-state index in [1.165, 1.54) is 6.08 Å². The van der Waals surface area contributed by atoms with Crippen molar-refractivity contribution < 1.29 is 28.6 Å². The van der Waals surface area contributed by atoms with Crippen molar-refractivity contribution in [1.29, 1.82) is 0 Å². The second-order valence-electron chi connectivity index (χ2n) is 5.67. The number of benzene rings is 1. The highest BCUT2D eigenvalue weighted by Gasteiger charge is 2.47. The highest BCUT2D eigenvalue weighted by Crippen LogP contribution is 2.33. The topological polar surface area (TPSA) is 78.9 Å². The lowest BCUT2D eigenvalue weighted by Gasteiger charge is -2.27. The van der Waals surface area contributed by atoms with E-state index >= 15 is 0 Å². The fraction of sp³-hybridized carbons (Fsp3) is 0.450. The van der Waals surface area contributed by atoms with E-state index in [1.54, 1.807) is 45.2 Å². The third-order valence-corrected chi connectivity index (χ3v) is 4.02. The largest absolute Gasteiger partial charge is 0.497 e. The quantitative estimate of drug-likeness (QED) is 0.260. The first-order valence-corrected chi connectivity index (χ1v) is 8.57. The molecule has 0 amide bonds. The molecule has 0 radical (unpaired) electrons. The molecule has 6 heteroatoms. The number of Topliss-reactive ketones (excluding diaryl/α,β-unsaturated/α-hetero) is 1. The van der Waals surface area contributed by atoms with Crippen LogP contribution < -0.4 is 4.74 Å². The summed E-state index contributed by atoms with van der Waals surface area (Å²) in [5.74, 6) is -0.933. The van der Waals surface area contributed by atoms with Gasteiger partial charge in [-0.3, -0.25) is 14.4 Å². The fourth-order valence-corrected chi connectivity index (χ4v) is 2.59. The zero-order valence-corrected chi connectivity index (χ0v) is 15.6. The molecule has 1 aromatic rings. The molecule has 1 aromatic carbocycles. The van der Waals surface area contributed by atoms with Gasteiger partial charge in [0.25, 0.3) is 0 Å². The number of methoxy groups -OCH3 is 1. The van der Waals surface area contributed by atoms with Crippen molar-refractivity contribution in [2.24, 2.45) is 5.41 Å². The van der Waals surface area contributed by atoms with Gasteiger partial charge in [-0.2, -0.15) is 0 Å². The van der Waals surface area contributed by atoms with Gasteiger partial charge in [0.05, 0.1) is 20.3 Å². The maximum absolute atomic E-state index is 12.5. The number of ether oxygens (including phenoxy) is 3. The Morgan fingerprint density at radius 1 is 1.04 bits per heavy atom. The van der Waals surface area contributed by atoms with Crippen molar-refractivity contribution in [1.82, 2.24) is 0 Å². The number of carbonyl (C=O) groups excluding carboxylic acids is 3. The number of ketones is 1. The van der Waals surface area contributed by atoms with E-state index in [0.29, 0.717) is 11.3 Å². The maximum Gasteiger partial charge on any atom is 0.323 e. The summed E-state index contributed by atoms with van der Waals surface area (Å²) < 4.78 is 15.2. The average Bonchev–Trinajstić information content (AvgIpc) is 2.65. The molecule has 6 nitrogen and oxygen atoms in total. The maximum atomic E-state index is 12.5. The molecular formula is C20H26O6. The molecule has 1 rings (SSSR count). The third-order valence-electron chi connectivity index (χ3n) is 4.02. The Bertz CT molecular complexity index is 614. The van der Waals surface area contributed by atoms with Crippen LogP contribution in [0.3, 0.4) is 0 Å². The molecule has 0 saturated carbocycles. The van der Waals surface area contributed by atoms with Crippen LogP contribution in [0.25, 0.3) is 0 Å². The van der Waals surface area contributed by atoms with Gasteiger partial charge in [0.2, 0.25) is 0 Å². The summed E-state index contributed by atoms with van der Waals surface area (Å²) in [6, 6.07) is 6.65. The molecule has 0 atom stereocenters. The van der Waals surface area contributed by atoms with E-state index in [1.807, 2.05) is 0 Å². The predicted octanol–water partition coefficient (Wildman–Crippen LogP) is 3.35. The van der Waals surface area contributed by atoms with Crippen LogP contribution in [0.1, 0.15) is 43.5 Å². The van der Waals surface area contributed by atoms with Crippen LogP contribution in [0.15, 0.2) is 36.9 Å². The van der Waals surface area contributed by atoms with E-state index in [0.717, 1.165) is 0 Å². The van der Waals surface area contributed by atoms with E-state index in [9.17, 15) is 14.4 Å². The minimum atomic E-state index is -1.56. The molecule has 0 aliphatic carbocycles. The molecule has 0 unspecified atom stereocenters. The van der Waals surface area contributed by atoms with Gasteiger partial charge in [-0.1, -0.05) is 6.08 Å². The van der Waals surface area contributed by atoms with Crippen LogP contribution >= 0.6 is 0 Å². The van der Waals surface area contributed by atoms with Gasteiger partial charge in [0.15, 0.2) is 11.2 Å². The Morgan fingerprint density at radius 2 is 1.58 bits per heavy atom. The lowest BCUT2D eigenvalue weighted by atomic mass is 9.79. The second-order valence-corrected chi connectivity index (χ2v) is 5.67. The first-order chi connectivity index (χ1) is 12.4. The average molecular weight is 362 g/mol. The Labute approximate surface area is 154 Å². The van der Waals surface area contributed by atoms with Crippen LogP contribution in [0.5, 0.6) is 5.75 Å². The number of allylic oxidation sites excluding steroid dienone is 1. The summed E-state index contributed by atoms with van der Waals surface area (Å²) in [5.41, 5.74) is -1.08. The number of hydrogen-bond acceptors (Lipinski definition) is 6. The predicted molar refractivity (Wildman–Crippen MR) is 97.1 cm³/mol. The molecule has 142 valence electrons. The van der Waals surface area contributed by atoms with Crippen LogP contribution in [0, 0.1) is 5.41 Å². The summed E-state index contributed by atoms with van der Waals surface area (Å²) in [6.45, 7) is 7.19. The van der Waals surface area contributed by atoms with Crippen molar-refractivity contribution in [2.75, 3.05) is 20.3 Å². The fourth-order valence-electron chi connectivity index (χ4n) is 2.59. The van der Waals surface area contributed by atoms with E-state index in [-0.39, 0.29) is 38.3 Å². The summed E-state index contributed by atoms with van der Waals surface area (Å²) in [5, 5.41) is 0. The molecule has 0 bridgehead atoms. The zero-order chi connectivity index (χ0) is 19.6. The normalized spacial score (nSPS) is 10.7. The van der Waals surface area contributed by atoms with Crippen molar-refractivity contribution >= 4 is 17.7 Å². The molecule has 0 heterocycles. The number of carbonyl (C=O) groups is 3. The van der Waals surface area contributed by atoms with Gasteiger partial charge in [-0.05, 0) is 51.0 Å². The van der Waals surface area contributed by atoms with Crippen molar-refractivity contribution in [3.63, 3.8) is 0 Å². The van der Waals surface area contributed by atoms with Crippen molar-refractivity contribution in [3.8, 4) is 5.75 Å². The number of hydrogen-bond donors (Lipinski definition) is 0. The summed E-state index contributed by atoms with van der Waals surface area (Å²) in [4.78, 5) is 37.5. The molecule has 0 aliphatic rings. The van der Waals surface area contributed by atoms with Crippen LogP contribution in [-0.2, 0) is 19.1 Å². The van der Waals surface area contributed by atoms with Crippen LogP contribution in [-0.4, -0.2) is 38.0 Å². The van der Waals surface area contributed by atoms with Gasteiger partial charge in [0, 0.05) is 12.0 Å². The smallest absolute Gasteiger partial charge is 0.323 e. The lowest BCUT2D eigenvalue weighted by Crippen LogP contribution is -2.42. The van der Waals surface area contributed by atoms with Gasteiger partial charge in [-0.25, -0.2) is 0 Å². The summed E-state index contributed by atoms with van der Waals surface area (Å²) in [6.07, 6.45) is 1.49. The summed E-state index contributed by atoms with van der Waals surface area (Å²) >= 11 is 0. The van der Waals surface area contributed by atoms with E-state index in [2.05, 4.69) is 6.58 Å². The summed E-state index contributed by atoms with van der Waals surface area (Å²) in [7, 11) is 1.54.